The second-order valence-electron chi connectivity index (χ2n) is 11.4. The number of hydrogen-bond donors (Lipinski definition) is 0. The Balaban J connectivity index is 1.18. The maximum absolute atomic E-state index is 5.12. The molecule has 4 heterocycles. The van der Waals surface area contributed by atoms with Crippen molar-refractivity contribution in [3.63, 3.8) is 0 Å². The number of pyridine rings is 3. The second kappa shape index (κ2) is 10.2. The molecule has 9 aromatic rings. The molecule has 0 aliphatic heterocycles. The van der Waals surface area contributed by atoms with Gasteiger partial charge < -0.3 is 4.57 Å². The minimum absolute atomic E-state index is 0.848. The van der Waals surface area contributed by atoms with Gasteiger partial charge >= 0.3 is 0 Å². The molecule has 4 nitrogen and oxygen atoms in total. The Hall–Kier alpha value is -6.13. The zero-order valence-electron chi connectivity index (χ0n) is 24.3. The Morgan fingerprint density at radius 1 is 0.422 bits per heavy atom. The first kappa shape index (κ1) is 25.4. The van der Waals surface area contributed by atoms with Gasteiger partial charge in [-0.3, -0.25) is 9.97 Å². The van der Waals surface area contributed by atoms with E-state index in [9.17, 15) is 0 Å². The molecule has 0 N–H and O–H groups in total. The van der Waals surface area contributed by atoms with Gasteiger partial charge in [0.2, 0.25) is 0 Å². The van der Waals surface area contributed by atoms with Crippen molar-refractivity contribution in [3.05, 3.63) is 158 Å². The van der Waals surface area contributed by atoms with Crippen LogP contribution in [0.5, 0.6) is 0 Å². The SMILES string of the molecule is c1ccc(-c2cc(-c3ccc4c(ccc5ccccc54)c3)cc(-c3ccc(-n4c5ccccc5c5cnccc54)cc3)n2)nc1. The average Bonchev–Trinajstić information content (AvgIpc) is 3.46. The number of fused-ring (bicyclic) bond motifs is 6. The summed E-state index contributed by atoms with van der Waals surface area (Å²) in [6.07, 6.45) is 5.63. The van der Waals surface area contributed by atoms with Crippen LogP contribution in [-0.4, -0.2) is 19.5 Å². The molecule has 0 radical (unpaired) electrons. The monoisotopic (exact) mass is 574 g/mol. The topological polar surface area (TPSA) is 43.6 Å². The molecule has 0 atom stereocenters. The molecule has 5 aromatic carbocycles. The van der Waals surface area contributed by atoms with E-state index in [-0.39, 0.29) is 0 Å². The zero-order valence-corrected chi connectivity index (χ0v) is 24.3. The van der Waals surface area contributed by atoms with Gasteiger partial charge in [-0.2, -0.15) is 0 Å². The van der Waals surface area contributed by atoms with Crippen LogP contribution in [-0.2, 0) is 0 Å². The van der Waals surface area contributed by atoms with Crippen molar-refractivity contribution in [2.24, 2.45) is 0 Å². The van der Waals surface area contributed by atoms with Crippen LogP contribution in [0.3, 0.4) is 0 Å². The van der Waals surface area contributed by atoms with Gasteiger partial charge in [0, 0.05) is 40.6 Å². The summed E-state index contributed by atoms with van der Waals surface area (Å²) in [6, 6.07) is 49.3. The Bertz CT molecular complexity index is 2480. The molecule has 0 saturated carbocycles. The lowest BCUT2D eigenvalue weighted by Gasteiger charge is -2.12. The van der Waals surface area contributed by atoms with Crippen molar-refractivity contribution in [2.75, 3.05) is 0 Å². The zero-order chi connectivity index (χ0) is 29.7. The summed E-state index contributed by atoms with van der Waals surface area (Å²) in [5.41, 5.74) is 9.30. The minimum Gasteiger partial charge on any atom is -0.309 e. The molecule has 0 amide bonds. The largest absolute Gasteiger partial charge is 0.309 e. The van der Waals surface area contributed by atoms with Crippen LogP contribution in [0, 0.1) is 0 Å². The molecule has 4 heteroatoms. The molecule has 0 aliphatic rings. The molecular weight excluding hydrogens is 548 g/mol. The van der Waals surface area contributed by atoms with E-state index in [0.29, 0.717) is 0 Å². The average molecular weight is 575 g/mol. The molecule has 45 heavy (non-hydrogen) atoms. The Morgan fingerprint density at radius 3 is 2.04 bits per heavy atom. The summed E-state index contributed by atoms with van der Waals surface area (Å²) in [4.78, 5) is 14.1. The van der Waals surface area contributed by atoms with Gasteiger partial charge in [0.1, 0.15) is 0 Å². The van der Waals surface area contributed by atoms with Gasteiger partial charge in [-0.25, -0.2) is 4.98 Å². The van der Waals surface area contributed by atoms with Crippen LogP contribution < -0.4 is 0 Å². The third-order valence-electron chi connectivity index (χ3n) is 8.73. The van der Waals surface area contributed by atoms with Crippen molar-refractivity contribution >= 4 is 43.4 Å². The first-order valence-electron chi connectivity index (χ1n) is 15.1. The van der Waals surface area contributed by atoms with E-state index in [2.05, 4.69) is 136 Å². The predicted molar refractivity (Wildman–Crippen MR) is 185 cm³/mol. The highest BCUT2D eigenvalue weighted by atomic mass is 15.0. The van der Waals surface area contributed by atoms with Crippen LogP contribution in [0.15, 0.2) is 158 Å². The van der Waals surface area contributed by atoms with Gasteiger partial charge in [-0.05, 0) is 87.3 Å². The van der Waals surface area contributed by atoms with E-state index in [0.717, 1.165) is 55.9 Å². The fraction of sp³-hybridized carbons (Fsp3) is 0. The van der Waals surface area contributed by atoms with E-state index in [4.69, 9.17) is 4.98 Å². The summed E-state index contributed by atoms with van der Waals surface area (Å²) in [5.74, 6) is 0. The summed E-state index contributed by atoms with van der Waals surface area (Å²) >= 11 is 0. The van der Waals surface area contributed by atoms with Crippen LogP contribution in [0.25, 0.3) is 82.8 Å². The molecule has 4 aromatic heterocycles. The molecule has 0 aliphatic carbocycles. The number of hydrogen-bond acceptors (Lipinski definition) is 3. The van der Waals surface area contributed by atoms with Crippen LogP contribution in [0.1, 0.15) is 0 Å². The van der Waals surface area contributed by atoms with E-state index in [1.54, 1.807) is 0 Å². The first-order valence-corrected chi connectivity index (χ1v) is 15.1. The summed E-state index contributed by atoms with van der Waals surface area (Å²) in [6.45, 7) is 0. The molecular formula is C41H26N4. The maximum atomic E-state index is 5.12. The lowest BCUT2D eigenvalue weighted by atomic mass is 9.96. The third kappa shape index (κ3) is 4.27. The van der Waals surface area contributed by atoms with Crippen molar-refractivity contribution in [2.45, 2.75) is 0 Å². The fourth-order valence-corrected chi connectivity index (χ4v) is 6.56. The van der Waals surface area contributed by atoms with E-state index < -0.39 is 0 Å². The summed E-state index contributed by atoms with van der Waals surface area (Å²) in [5, 5.41) is 7.34. The van der Waals surface area contributed by atoms with E-state index in [1.165, 1.54) is 26.9 Å². The Morgan fingerprint density at radius 2 is 1.16 bits per heavy atom. The van der Waals surface area contributed by atoms with E-state index >= 15 is 0 Å². The van der Waals surface area contributed by atoms with Crippen molar-refractivity contribution in [3.8, 4) is 39.5 Å². The van der Waals surface area contributed by atoms with Gasteiger partial charge in [0.15, 0.2) is 0 Å². The van der Waals surface area contributed by atoms with Crippen LogP contribution in [0.4, 0.5) is 0 Å². The highest BCUT2D eigenvalue weighted by Gasteiger charge is 2.14. The fourth-order valence-electron chi connectivity index (χ4n) is 6.56. The van der Waals surface area contributed by atoms with Crippen molar-refractivity contribution in [1.29, 1.82) is 0 Å². The first-order chi connectivity index (χ1) is 22.3. The lowest BCUT2D eigenvalue weighted by molar-refractivity contribution is 1.17. The number of para-hydroxylation sites is 1. The lowest BCUT2D eigenvalue weighted by Crippen LogP contribution is -1.95. The quantitative estimate of drug-likeness (QED) is 0.196. The molecule has 0 spiro atoms. The standard InChI is InChI=1S/C41H26N4/c1-2-8-33-27(7-1)12-13-30-23-29(16-19-34(30)33)31-24-38(44-39(25-31)37-10-5-6-21-43-37)28-14-17-32(18-15-28)45-40-11-4-3-9-35(40)36-26-42-22-20-41(36)45/h1-26H. The van der Waals surface area contributed by atoms with Crippen molar-refractivity contribution in [1.82, 2.24) is 19.5 Å². The highest BCUT2D eigenvalue weighted by molar-refractivity contribution is 6.09. The molecule has 0 unspecified atom stereocenters. The molecule has 210 valence electrons. The summed E-state index contributed by atoms with van der Waals surface area (Å²) < 4.78 is 2.30. The van der Waals surface area contributed by atoms with E-state index in [1.807, 2.05) is 36.8 Å². The molecule has 0 fully saturated rings. The van der Waals surface area contributed by atoms with Gasteiger partial charge in [0.05, 0.1) is 28.1 Å². The molecule has 0 bridgehead atoms. The van der Waals surface area contributed by atoms with Gasteiger partial charge in [-0.15, -0.1) is 0 Å². The number of rotatable bonds is 4. The van der Waals surface area contributed by atoms with Crippen molar-refractivity contribution < 1.29 is 0 Å². The number of benzene rings is 5. The number of nitrogens with zero attached hydrogens (tertiary/aromatic N) is 4. The normalized spacial score (nSPS) is 11.6. The number of aromatic nitrogens is 4. The molecule has 9 rings (SSSR count). The smallest absolute Gasteiger partial charge is 0.0899 e. The second-order valence-corrected chi connectivity index (χ2v) is 11.4. The summed E-state index contributed by atoms with van der Waals surface area (Å²) in [7, 11) is 0. The maximum Gasteiger partial charge on any atom is 0.0899 e. The Labute approximate surface area is 259 Å². The van der Waals surface area contributed by atoms with Gasteiger partial charge in [-0.1, -0.05) is 84.9 Å². The van der Waals surface area contributed by atoms with Gasteiger partial charge in [0.25, 0.3) is 0 Å². The third-order valence-corrected chi connectivity index (χ3v) is 8.73. The minimum atomic E-state index is 0.848. The van der Waals surface area contributed by atoms with Crippen LogP contribution >= 0.6 is 0 Å². The van der Waals surface area contributed by atoms with Crippen LogP contribution in [0.2, 0.25) is 0 Å². The predicted octanol–water partition coefficient (Wildman–Crippen LogP) is 10.3. The Kier molecular flexibility index (Phi) is 5.78. The molecule has 0 saturated heterocycles. The highest BCUT2D eigenvalue weighted by Crippen LogP contribution is 2.35.